The van der Waals surface area contributed by atoms with Crippen molar-refractivity contribution >= 4 is 35.3 Å². The zero-order valence-corrected chi connectivity index (χ0v) is 18.7. The SMILES string of the molecule is CC1=CC2=NC(=O)/C(=C/c3ccc(OCCOc4cc(C)cc(C)c4)c(Cl)c3)C(=N)N2O1. The predicted molar refractivity (Wildman–Crippen MR) is 123 cm³/mol. The van der Waals surface area contributed by atoms with Crippen LogP contribution in [0.5, 0.6) is 11.5 Å². The fourth-order valence-corrected chi connectivity index (χ4v) is 3.66. The fourth-order valence-electron chi connectivity index (χ4n) is 3.42. The molecule has 2 aromatic rings. The van der Waals surface area contributed by atoms with Gasteiger partial charge in [0.15, 0.2) is 11.7 Å². The van der Waals surface area contributed by atoms with Crippen molar-refractivity contribution in [3.63, 3.8) is 0 Å². The number of allylic oxidation sites excluding steroid dienone is 1. The van der Waals surface area contributed by atoms with Gasteiger partial charge in [0, 0.05) is 6.08 Å². The average molecular weight is 452 g/mol. The van der Waals surface area contributed by atoms with Crippen LogP contribution in [-0.4, -0.2) is 35.9 Å². The van der Waals surface area contributed by atoms with Gasteiger partial charge in [0.1, 0.15) is 30.5 Å². The normalized spacial score (nSPS) is 16.5. The van der Waals surface area contributed by atoms with Crippen LogP contribution in [0.1, 0.15) is 23.6 Å². The molecule has 0 radical (unpaired) electrons. The molecular weight excluding hydrogens is 430 g/mol. The topological polar surface area (TPSA) is 84.2 Å². The Morgan fingerprint density at radius 3 is 2.53 bits per heavy atom. The van der Waals surface area contributed by atoms with E-state index in [2.05, 4.69) is 11.1 Å². The van der Waals surface area contributed by atoms with Gasteiger partial charge in [-0.1, -0.05) is 23.7 Å². The number of aryl methyl sites for hydroxylation is 2. The van der Waals surface area contributed by atoms with Crippen LogP contribution >= 0.6 is 11.6 Å². The number of nitrogens with one attached hydrogen (secondary N) is 1. The van der Waals surface area contributed by atoms with Gasteiger partial charge < -0.3 is 14.3 Å². The van der Waals surface area contributed by atoms with Gasteiger partial charge in [-0.05, 0) is 67.8 Å². The molecule has 8 heteroatoms. The first-order valence-corrected chi connectivity index (χ1v) is 10.4. The maximum absolute atomic E-state index is 12.4. The second-order valence-electron chi connectivity index (χ2n) is 7.53. The van der Waals surface area contributed by atoms with Gasteiger partial charge in [-0.25, -0.2) is 0 Å². The molecule has 1 N–H and O–H groups in total. The largest absolute Gasteiger partial charge is 0.490 e. The lowest BCUT2D eigenvalue weighted by Crippen LogP contribution is -2.38. The highest BCUT2D eigenvalue weighted by atomic mass is 35.5. The van der Waals surface area contributed by atoms with Gasteiger partial charge in [0.25, 0.3) is 5.91 Å². The first-order valence-electron chi connectivity index (χ1n) is 10.0. The van der Waals surface area contributed by atoms with Crippen molar-refractivity contribution in [2.45, 2.75) is 20.8 Å². The van der Waals surface area contributed by atoms with Crippen LogP contribution in [0.2, 0.25) is 5.02 Å². The number of carbonyl (C=O) groups is 1. The van der Waals surface area contributed by atoms with Crippen molar-refractivity contribution in [2.75, 3.05) is 13.2 Å². The zero-order valence-electron chi connectivity index (χ0n) is 17.9. The lowest BCUT2D eigenvalue weighted by molar-refractivity contribution is -0.114. The van der Waals surface area contributed by atoms with Gasteiger partial charge in [0.2, 0.25) is 0 Å². The number of amides is 1. The molecule has 4 rings (SSSR count). The number of benzene rings is 2. The quantitative estimate of drug-likeness (QED) is 0.500. The van der Waals surface area contributed by atoms with Crippen LogP contribution in [0.3, 0.4) is 0 Å². The lowest BCUT2D eigenvalue weighted by Gasteiger charge is -2.23. The number of hydrogen-bond acceptors (Lipinski definition) is 5. The molecule has 0 aromatic heterocycles. The number of rotatable bonds is 6. The molecule has 2 heterocycles. The molecule has 0 fully saturated rings. The number of hydrogen-bond donors (Lipinski definition) is 1. The summed E-state index contributed by atoms with van der Waals surface area (Å²) in [6, 6.07) is 11.2. The first-order chi connectivity index (χ1) is 15.3. The lowest BCUT2D eigenvalue weighted by atomic mass is 10.1. The van der Waals surface area contributed by atoms with Crippen LogP contribution in [0.25, 0.3) is 6.08 Å². The molecular formula is C24H22ClN3O4. The summed E-state index contributed by atoms with van der Waals surface area (Å²) in [6.07, 6.45) is 3.16. The predicted octanol–water partition coefficient (Wildman–Crippen LogP) is 4.87. The molecule has 1 amide bonds. The molecule has 2 aliphatic heterocycles. The van der Waals surface area contributed by atoms with Crippen molar-refractivity contribution in [1.29, 1.82) is 5.41 Å². The number of fused-ring (bicyclic) bond motifs is 1. The van der Waals surface area contributed by atoms with Crippen molar-refractivity contribution in [3.05, 3.63) is 75.5 Å². The maximum atomic E-state index is 12.4. The van der Waals surface area contributed by atoms with E-state index < -0.39 is 5.91 Å². The zero-order chi connectivity index (χ0) is 22.8. The van der Waals surface area contributed by atoms with Crippen molar-refractivity contribution in [2.24, 2.45) is 4.99 Å². The molecule has 0 bridgehead atoms. The van der Waals surface area contributed by atoms with E-state index >= 15 is 0 Å². The second-order valence-corrected chi connectivity index (χ2v) is 7.94. The molecule has 0 saturated carbocycles. The van der Waals surface area contributed by atoms with E-state index in [-0.39, 0.29) is 11.4 Å². The van der Waals surface area contributed by atoms with Crippen LogP contribution in [-0.2, 0) is 9.63 Å². The van der Waals surface area contributed by atoms with Crippen LogP contribution in [0, 0.1) is 19.3 Å². The third-order valence-electron chi connectivity index (χ3n) is 4.75. The number of hydroxylamine groups is 2. The number of ether oxygens (including phenoxy) is 2. The Hall–Kier alpha value is -3.58. The summed E-state index contributed by atoms with van der Waals surface area (Å²) in [5.41, 5.74) is 3.04. The van der Waals surface area contributed by atoms with E-state index in [9.17, 15) is 4.79 Å². The Labute approximate surface area is 191 Å². The van der Waals surface area contributed by atoms with Crippen LogP contribution in [0.4, 0.5) is 0 Å². The number of nitrogens with zero attached hydrogens (tertiary/aromatic N) is 2. The van der Waals surface area contributed by atoms with Gasteiger partial charge in [-0.3, -0.25) is 10.2 Å². The molecule has 0 unspecified atom stereocenters. The standard InChI is InChI=1S/C24H22ClN3O4/c1-14-8-15(2)10-18(9-14)30-6-7-31-21-5-4-17(13-20(21)25)12-19-23(26)28-22(27-24(19)29)11-16(3)32-28/h4-5,8-13,26H,6-7H2,1-3H3/b19-12+,26-23?. The summed E-state index contributed by atoms with van der Waals surface area (Å²) in [7, 11) is 0. The van der Waals surface area contributed by atoms with E-state index in [1.54, 1.807) is 37.3 Å². The third kappa shape index (κ3) is 4.68. The maximum Gasteiger partial charge on any atom is 0.282 e. The Morgan fingerprint density at radius 1 is 1.09 bits per heavy atom. The summed E-state index contributed by atoms with van der Waals surface area (Å²) in [4.78, 5) is 21.8. The minimum atomic E-state index is -0.504. The smallest absolute Gasteiger partial charge is 0.282 e. The molecule has 2 aliphatic rings. The summed E-state index contributed by atoms with van der Waals surface area (Å²) >= 11 is 6.36. The second kappa shape index (κ2) is 8.88. The number of amidine groups is 2. The number of carbonyl (C=O) groups excluding carboxylic acids is 1. The molecule has 7 nitrogen and oxygen atoms in total. The minimum Gasteiger partial charge on any atom is -0.490 e. The van der Waals surface area contributed by atoms with Crippen molar-refractivity contribution < 1.29 is 19.1 Å². The molecule has 0 atom stereocenters. The van der Waals surface area contributed by atoms with Crippen LogP contribution < -0.4 is 9.47 Å². The Kier molecular flexibility index (Phi) is 6.01. The first kappa shape index (κ1) is 21.6. The van der Waals surface area contributed by atoms with Gasteiger partial charge in [0.05, 0.1) is 10.6 Å². The van der Waals surface area contributed by atoms with E-state index in [0.29, 0.717) is 41.1 Å². The summed E-state index contributed by atoms with van der Waals surface area (Å²) < 4.78 is 11.5. The Morgan fingerprint density at radius 2 is 1.81 bits per heavy atom. The van der Waals surface area contributed by atoms with E-state index in [4.69, 9.17) is 31.3 Å². The number of aliphatic imine (C=N–C) groups is 1. The molecule has 2 aromatic carbocycles. The molecule has 0 spiro atoms. The van der Waals surface area contributed by atoms with Gasteiger partial charge in [-0.15, -0.1) is 5.06 Å². The fraction of sp³-hybridized carbons (Fsp3) is 0.208. The van der Waals surface area contributed by atoms with Crippen molar-refractivity contribution in [1.82, 2.24) is 5.06 Å². The summed E-state index contributed by atoms with van der Waals surface area (Å²) in [5, 5.41) is 9.88. The summed E-state index contributed by atoms with van der Waals surface area (Å²) in [6.45, 7) is 6.48. The third-order valence-corrected chi connectivity index (χ3v) is 5.05. The van der Waals surface area contributed by atoms with E-state index in [0.717, 1.165) is 16.9 Å². The highest BCUT2D eigenvalue weighted by molar-refractivity contribution is 6.33. The monoisotopic (exact) mass is 451 g/mol. The highest BCUT2D eigenvalue weighted by Crippen LogP contribution is 2.28. The van der Waals surface area contributed by atoms with Gasteiger partial charge in [-0.2, -0.15) is 4.99 Å². The van der Waals surface area contributed by atoms with Crippen molar-refractivity contribution in [3.8, 4) is 11.5 Å². The Balaban J connectivity index is 1.39. The average Bonchev–Trinajstić information content (AvgIpc) is 3.09. The van der Waals surface area contributed by atoms with E-state index in [1.807, 2.05) is 26.0 Å². The van der Waals surface area contributed by atoms with Gasteiger partial charge >= 0.3 is 0 Å². The Bertz CT molecular complexity index is 1180. The molecule has 32 heavy (non-hydrogen) atoms. The van der Waals surface area contributed by atoms with Crippen LogP contribution in [0.15, 0.2) is 58.8 Å². The molecule has 0 saturated heterocycles. The molecule has 0 aliphatic carbocycles. The molecule has 164 valence electrons. The highest BCUT2D eigenvalue weighted by Gasteiger charge is 2.34. The minimum absolute atomic E-state index is 0.0758. The van der Waals surface area contributed by atoms with E-state index in [1.165, 1.54) is 5.06 Å². The number of halogens is 1. The summed E-state index contributed by atoms with van der Waals surface area (Å²) in [5.74, 6) is 1.60.